The molecule has 8 heteroatoms. The molecule has 4 heterocycles. The molecule has 0 aliphatic carbocycles. The van der Waals surface area contributed by atoms with Gasteiger partial charge in [-0.25, -0.2) is 9.78 Å². The molecule has 8 nitrogen and oxygen atoms in total. The quantitative estimate of drug-likeness (QED) is 0.560. The maximum absolute atomic E-state index is 13.0. The van der Waals surface area contributed by atoms with E-state index in [9.17, 15) is 9.59 Å². The zero-order chi connectivity index (χ0) is 20.0. The molecule has 0 bridgehead atoms. The second kappa shape index (κ2) is 6.89. The molecule has 0 atom stereocenters. The number of rotatable bonds is 3. The van der Waals surface area contributed by atoms with Crippen LogP contribution >= 0.6 is 0 Å². The largest absolute Gasteiger partial charge is 0.417 e. The van der Waals surface area contributed by atoms with Gasteiger partial charge in [0.2, 0.25) is 0 Å². The molecule has 1 aliphatic heterocycles. The number of amides is 1. The van der Waals surface area contributed by atoms with E-state index in [4.69, 9.17) is 4.42 Å². The van der Waals surface area contributed by atoms with Gasteiger partial charge in [-0.3, -0.25) is 14.2 Å². The number of hydrogen-bond acceptors (Lipinski definition) is 5. The summed E-state index contributed by atoms with van der Waals surface area (Å²) in [7, 11) is 2.14. The van der Waals surface area contributed by atoms with Crippen molar-refractivity contribution in [2.24, 2.45) is 0 Å². The molecule has 2 N–H and O–H groups in total. The van der Waals surface area contributed by atoms with Gasteiger partial charge < -0.3 is 14.6 Å². The highest BCUT2D eigenvalue weighted by atomic mass is 16.4. The number of piperidine rings is 1. The van der Waals surface area contributed by atoms with Gasteiger partial charge >= 0.3 is 5.76 Å². The van der Waals surface area contributed by atoms with Crippen LogP contribution in [0.25, 0.3) is 16.7 Å². The lowest BCUT2D eigenvalue weighted by Gasteiger charge is -2.29. The Bertz CT molecular complexity index is 1260. The summed E-state index contributed by atoms with van der Waals surface area (Å²) in [5.41, 5.74) is 3.67. The minimum atomic E-state index is -0.556. The van der Waals surface area contributed by atoms with Gasteiger partial charge in [-0.05, 0) is 62.7 Å². The fraction of sp³-hybridized carbons (Fsp3) is 0.286. The summed E-state index contributed by atoms with van der Waals surface area (Å²) in [6.45, 7) is 2.15. The van der Waals surface area contributed by atoms with E-state index in [0.29, 0.717) is 28.4 Å². The second-order valence-corrected chi connectivity index (χ2v) is 7.56. The van der Waals surface area contributed by atoms with Crippen molar-refractivity contribution in [3.63, 3.8) is 0 Å². The number of para-hydroxylation sites is 1. The molecule has 5 rings (SSSR count). The highest BCUT2D eigenvalue weighted by Crippen LogP contribution is 2.28. The summed E-state index contributed by atoms with van der Waals surface area (Å²) < 4.78 is 6.99. The molecule has 0 unspecified atom stereocenters. The number of pyridine rings is 1. The number of fused-ring (bicyclic) bond motifs is 2. The van der Waals surface area contributed by atoms with Gasteiger partial charge in [0.1, 0.15) is 11.3 Å². The summed E-state index contributed by atoms with van der Waals surface area (Å²) in [6, 6.07) is 9.23. The zero-order valence-corrected chi connectivity index (χ0v) is 16.0. The Hall–Kier alpha value is -3.39. The van der Waals surface area contributed by atoms with E-state index in [1.165, 1.54) is 5.56 Å². The third-order valence-electron chi connectivity index (χ3n) is 5.65. The van der Waals surface area contributed by atoms with Crippen LogP contribution in [0.4, 0.5) is 5.69 Å². The van der Waals surface area contributed by atoms with E-state index in [2.05, 4.69) is 33.3 Å². The first-order chi connectivity index (χ1) is 14.1. The number of aromatic amines is 1. The fourth-order valence-electron chi connectivity index (χ4n) is 4.01. The van der Waals surface area contributed by atoms with Crippen LogP contribution in [0.1, 0.15) is 34.8 Å². The van der Waals surface area contributed by atoms with E-state index in [1.54, 1.807) is 24.4 Å². The highest BCUT2D eigenvalue weighted by molar-refractivity contribution is 6.07. The number of imidazole rings is 1. The van der Waals surface area contributed by atoms with Crippen molar-refractivity contribution in [3.05, 3.63) is 64.5 Å². The van der Waals surface area contributed by atoms with Gasteiger partial charge in [-0.1, -0.05) is 12.1 Å². The van der Waals surface area contributed by atoms with Crippen molar-refractivity contribution in [2.45, 2.75) is 18.8 Å². The molecule has 4 aromatic rings. The van der Waals surface area contributed by atoms with Crippen molar-refractivity contribution in [2.75, 3.05) is 25.5 Å². The normalized spacial score (nSPS) is 15.9. The molecular formula is C21H21N5O3. The van der Waals surface area contributed by atoms with Crippen molar-refractivity contribution in [1.29, 1.82) is 0 Å². The van der Waals surface area contributed by atoms with Crippen LogP contribution in [0.2, 0.25) is 0 Å². The Kier molecular flexibility index (Phi) is 4.21. The summed E-state index contributed by atoms with van der Waals surface area (Å²) >= 11 is 0. The third-order valence-corrected chi connectivity index (χ3v) is 5.65. The van der Waals surface area contributed by atoms with Gasteiger partial charge in [0.25, 0.3) is 5.91 Å². The number of carbonyl (C=O) groups is 1. The third kappa shape index (κ3) is 3.21. The van der Waals surface area contributed by atoms with Gasteiger partial charge in [-0.15, -0.1) is 0 Å². The molecule has 148 valence electrons. The number of benzene rings is 1. The first-order valence-electron chi connectivity index (χ1n) is 9.67. The molecule has 29 heavy (non-hydrogen) atoms. The van der Waals surface area contributed by atoms with E-state index < -0.39 is 5.76 Å². The molecule has 0 saturated carbocycles. The maximum Gasteiger partial charge on any atom is 0.417 e. The van der Waals surface area contributed by atoms with Gasteiger partial charge in [-0.2, -0.15) is 0 Å². The number of nitrogens with one attached hydrogen (secondary N) is 2. The van der Waals surface area contributed by atoms with Crippen LogP contribution in [0.15, 0.2) is 51.9 Å². The average Bonchev–Trinajstić information content (AvgIpc) is 3.31. The number of H-pyrrole nitrogens is 1. The monoisotopic (exact) mass is 391 g/mol. The fourth-order valence-corrected chi connectivity index (χ4v) is 4.01. The van der Waals surface area contributed by atoms with Crippen molar-refractivity contribution < 1.29 is 9.21 Å². The lowest BCUT2D eigenvalue weighted by atomic mass is 9.91. The molecule has 0 radical (unpaired) electrons. The van der Waals surface area contributed by atoms with Gasteiger partial charge in [0.15, 0.2) is 5.58 Å². The van der Waals surface area contributed by atoms with Crippen LogP contribution in [-0.4, -0.2) is 45.3 Å². The molecule has 1 aliphatic rings. The first-order valence-corrected chi connectivity index (χ1v) is 9.67. The van der Waals surface area contributed by atoms with E-state index in [0.717, 1.165) is 31.6 Å². The minimum Gasteiger partial charge on any atom is -0.406 e. The topological polar surface area (TPSA) is 95.6 Å². The Balaban J connectivity index is 1.47. The Morgan fingerprint density at radius 2 is 2.07 bits per heavy atom. The second-order valence-electron chi connectivity index (χ2n) is 7.56. The maximum atomic E-state index is 13.0. The molecular weight excluding hydrogens is 370 g/mol. The Morgan fingerprint density at radius 3 is 2.90 bits per heavy atom. The van der Waals surface area contributed by atoms with E-state index >= 15 is 0 Å². The van der Waals surface area contributed by atoms with Crippen LogP contribution in [0.5, 0.6) is 0 Å². The summed E-state index contributed by atoms with van der Waals surface area (Å²) in [4.78, 5) is 33.7. The number of likely N-dealkylation sites (tertiary alicyclic amines) is 1. The van der Waals surface area contributed by atoms with E-state index in [1.807, 2.05) is 16.7 Å². The number of anilines is 1. The molecule has 3 aromatic heterocycles. The summed E-state index contributed by atoms with van der Waals surface area (Å²) in [6.07, 6.45) is 5.79. The molecule has 1 amide bonds. The SMILES string of the molecule is CN1CCC(c2ccc3ncc(C(=O)Nc4cccc5[nH]c(=O)oc45)n3c2)CC1. The number of carbonyl (C=O) groups excluding carboxylic acids is 1. The van der Waals surface area contributed by atoms with Gasteiger partial charge in [0, 0.05) is 6.20 Å². The van der Waals surface area contributed by atoms with Crippen LogP contribution < -0.4 is 11.1 Å². The van der Waals surface area contributed by atoms with E-state index in [-0.39, 0.29) is 5.91 Å². The molecule has 0 spiro atoms. The number of nitrogens with zero attached hydrogens (tertiary/aromatic N) is 3. The number of oxazole rings is 1. The minimum absolute atomic E-state index is 0.311. The Morgan fingerprint density at radius 1 is 1.24 bits per heavy atom. The summed E-state index contributed by atoms with van der Waals surface area (Å²) in [5, 5.41) is 2.84. The predicted molar refractivity (Wildman–Crippen MR) is 109 cm³/mol. The lowest BCUT2D eigenvalue weighted by Crippen LogP contribution is -2.29. The lowest BCUT2D eigenvalue weighted by molar-refractivity contribution is 0.102. The number of aromatic nitrogens is 3. The molecule has 1 fully saturated rings. The number of hydrogen-bond donors (Lipinski definition) is 2. The van der Waals surface area contributed by atoms with Crippen molar-refractivity contribution in [3.8, 4) is 0 Å². The first kappa shape index (κ1) is 17.7. The van der Waals surface area contributed by atoms with Crippen LogP contribution in [0.3, 0.4) is 0 Å². The van der Waals surface area contributed by atoms with Crippen molar-refractivity contribution >= 4 is 28.3 Å². The average molecular weight is 391 g/mol. The van der Waals surface area contributed by atoms with Crippen molar-refractivity contribution in [1.82, 2.24) is 19.3 Å². The predicted octanol–water partition coefficient (Wildman–Crippen LogP) is 2.83. The smallest absolute Gasteiger partial charge is 0.406 e. The molecule has 1 saturated heterocycles. The van der Waals surface area contributed by atoms with Gasteiger partial charge in [0.05, 0.1) is 17.4 Å². The zero-order valence-electron chi connectivity index (χ0n) is 16.0. The summed E-state index contributed by atoms with van der Waals surface area (Å²) in [5.74, 6) is -0.384. The Labute approximate surface area is 166 Å². The van der Waals surface area contributed by atoms with Crippen LogP contribution in [-0.2, 0) is 0 Å². The molecule has 1 aromatic carbocycles. The highest BCUT2D eigenvalue weighted by Gasteiger charge is 2.20. The standard InChI is InChI=1S/C21H21N5O3/c1-25-9-7-13(8-10-25)14-5-6-18-22-11-17(26(18)12-14)20(27)23-15-3-2-4-16-19(15)29-21(28)24-16/h2-6,11-13H,7-10H2,1H3,(H,23,27)(H,24,28). The van der Waals surface area contributed by atoms with Crippen LogP contribution in [0, 0.1) is 0 Å².